The Morgan fingerprint density at radius 3 is 2.50 bits per heavy atom. The number of ketones is 1. The fraction of sp³-hybridized carbons (Fsp3) is 0.111. The smallest absolute Gasteiger partial charge is 0.195 e. The molecule has 0 aliphatic heterocycles. The van der Waals surface area contributed by atoms with Gasteiger partial charge >= 0.3 is 0 Å². The number of carbonyl (C=O) groups is 1. The molecule has 0 saturated heterocycles. The minimum atomic E-state index is 0.0250. The van der Waals surface area contributed by atoms with E-state index in [1.807, 2.05) is 48.5 Å². The van der Waals surface area contributed by atoms with Crippen molar-refractivity contribution >= 4 is 16.6 Å². The highest BCUT2D eigenvalue weighted by Crippen LogP contribution is 2.20. The zero-order chi connectivity index (χ0) is 13.9. The molecular weight excluding hydrogens is 246 g/mol. The van der Waals surface area contributed by atoms with Gasteiger partial charge in [0.1, 0.15) is 0 Å². The van der Waals surface area contributed by atoms with Crippen LogP contribution < -0.4 is 0 Å². The zero-order valence-corrected chi connectivity index (χ0v) is 11.3. The minimum absolute atomic E-state index is 0.0250. The van der Waals surface area contributed by atoms with Crippen molar-refractivity contribution in [1.82, 2.24) is 4.98 Å². The van der Waals surface area contributed by atoms with Crippen molar-refractivity contribution in [3.63, 3.8) is 0 Å². The Morgan fingerprint density at radius 1 is 1.00 bits per heavy atom. The van der Waals surface area contributed by atoms with Crippen LogP contribution in [-0.2, 0) is 6.42 Å². The highest BCUT2D eigenvalue weighted by molar-refractivity contribution is 6.16. The Hall–Kier alpha value is -2.48. The average Bonchev–Trinajstić information content (AvgIpc) is 2.54. The number of aromatic nitrogens is 1. The monoisotopic (exact) mass is 261 g/mol. The highest BCUT2D eigenvalue weighted by atomic mass is 16.1. The number of nitrogens with zero attached hydrogens (tertiary/aromatic N) is 1. The van der Waals surface area contributed by atoms with Crippen molar-refractivity contribution in [2.24, 2.45) is 0 Å². The molecule has 2 nitrogen and oxygen atoms in total. The second-order valence-electron chi connectivity index (χ2n) is 4.79. The molecule has 3 aromatic rings. The molecule has 0 aliphatic carbocycles. The number of carbonyl (C=O) groups excluding carboxylic acids is 1. The van der Waals surface area contributed by atoms with Gasteiger partial charge in [-0.15, -0.1) is 0 Å². The van der Waals surface area contributed by atoms with Crippen molar-refractivity contribution in [3.8, 4) is 0 Å². The van der Waals surface area contributed by atoms with Gasteiger partial charge < -0.3 is 0 Å². The lowest BCUT2D eigenvalue weighted by Crippen LogP contribution is -2.03. The lowest BCUT2D eigenvalue weighted by molar-refractivity contribution is 0.104. The molecular formula is C18H15NO. The van der Waals surface area contributed by atoms with Crippen LogP contribution in [0.5, 0.6) is 0 Å². The Morgan fingerprint density at radius 2 is 1.75 bits per heavy atom. The Labute approximate surface area is 118 Å². The van der Waals surface area contributed by atoms with Crippen LogP contribution in [0.4, 0.5) is 0 Å². The van der Waals surface area contributed by atoms with Gasteiger partial charge in [-0.2, -0.15) is 0 Å². The summed E-state index contributed by atoms with van der Waals surface area (Å²) in [5.41, 5.74) is 2.60. The van der Waals surface area contributed by atoms with Crippen molar-refractivity contribution in [2.45, 2.75) is 13.3 Å². The summed E-state index contributed by atoms with van der Waals surface area (Å²) >= 11 is 0. The number of aryl methyl sites for hydroxylation is 1. The van der Waals surface area contributed by atoms with E-state index >= 15 is 0 Å². The standard InChI is InChI=1S/C18H15NO/c1-2-13-7-9-14(10-8-13)18(20)17-12-19-11-15-5-3-4-6-16(15)17/h3-12H,2H2,1H3. The first-order valence-electron chi connectivity index (χ1n) is 6.76. The number of benzene rings is 2. The van der Waals surface area contributed by atoms with E-state index in [9.17, 15) is 4.79 Å². The second kappa shape index (κ2) is 5.25. The summed E-state index contributed by atoms with van der Waals surface area (Å²) in [4.78, 5) is 16.8. The third kappa shape index (κ3) is 2.21. The molecule has 0 radical (unpaired) electrons. The van der Waals surface area contributed by atoms with Crippen LogP contribution in [0.25, 0.3) is 10.8 Å². The lowest BCUT2D eigenvalue weighted by Gasteiger charge is -2.06. The largest absolute Gasteiger partial charge is 0.289 e. The normalized spacial score (nSPS) is 10.7. The van der Waals surface area contributed by atoms with Crippen molar-refractivity contribution in [3.05, 3.63) is 77.6 Å². The Kier molecular flexibility index (Phi) is 3.30. The highest BCUT2D eigenvalue weighted by Gasteiger charge is 2.12. The average molecular weight is 261 g/mol. The molecule has 1 heterocycles. The summed E-state index contributed by atoms with van der Waals surface area (Å²) in [5, 5.41) is 1.94. The first-order valence-corrected chi connectivity index (χ1v) is 6.76. The molecule has 1 aromatic heterocycles. The van der Waals surface area contributed by atoms with E-state index in [0.29, 0.717) is 11.1 Å². The summed E-state index contributed by atoms with van der Waals surface area (Å²) in [6.07, 6.45) is 4.41. The van der Waals surface area contributed by atoms with Gasteiger partial charge in [-0.1, -0.05) is 55.5 Å². The van der Waals surface area contributed by atoms with E-state index in [-0.39, 0.29) is 5.78 Å². The summed E-state index contributed by atoms with van der Waals surface area (Å²) in [6, 6.07) is 15.6. The van der Waals surface area contributed by atoms with Gasteiger partial charge in [0.05, 0.1) is 0 Å². The predicted octanol–water partition coefficient (Wildman–Crippen LogP) is 4.03. The van der Waals surface area contributed by atoms with Crippen LogP contribution in [-0.4, -0.2) is 10.8 Å². The van der Waals surface area contributed by atoms with E-state index < -0.39 is 0 Å². The third-order valence-corrected chi connectivity index (χ3v) is 3.54. The molecule has 0 fully saturated rings. The number of fused-ring (bicyclic) bond motifs is 1. The molecule has 98 valence electrons. The van der Waals surface area contributed by atoms with Gasteiger partial charge in [0.25, 0.3) is 0 Å². The maximum absolute atomic E-state index is 12.6. The summed E-state index contributed by atoms with van der Waals surface area (Å²) in [6.45, 7) is 2.10. The maximum atomic E-state index is 12.6. The van der Waals surface area contributed by atoms with E-state index in [4.69, 9.17) is 0 Å². The van der Waals surface area contributed by atoms with Crippen LogP contribution in [0, 0.1) is 0 Å². The molecule has 0 N–H and O–H groups in total. The number of hydrogen-bond donors (Lipinski definition) is 0. The van der Waals surface area contributed by atoms with E-state index in [1.54, 1.807) is 12.4 Å². The first-order chi connectivity index (χ1) is 9.79. The summed E-state index contributed by atoms with van der Waals surface area (Å²) in [7, 11) is 0. The van der Waals surface area contributed by atoms with Gasteiger partial charge in [-0.25, -0.2) is 0 Å². The van der Waals surface area contributed by atoms with Crippen molar-refractivity contribution in [1.29, 1.82) is 0 Å². The molecule has 0 amide bonds. The lowest BCUT2D eigenvalue weighted by atomic mass is 9.98. The van der Waals surface area contributed by atoms with Crippen molar-refractivity contribution in [2.75, 3.05) is 0 Å². The second-order valence-corrected chi connectivity index (χ2v) is 4.79. The quantitative estimate of drug-likeness (QED) is 0.666. The van der Waals surface area contributed by atoms with Gasteiger partial charge in [0.15, 0.2) is 5.78 Å². The number of rotatable bonds is 3. The van der Waals surface area contributed by atoms with Crippen LogP contribution in [0.15, 0.2) is 60.9 Å². The molecule has 0 saturated carbocycles. The van der Waals surface area contributed by atoms with Crippen LogP contribution >= 0.6 is 0 Å². The molecule has 0 spiro atoms. The molecule has 0 aliphatic rings. The predicted molar refractivity (Wildman–Crippen MR) is 81.0 cm³/mol. The Balaban J connectivity index is 2.07. The van der Waals surface area contributed by atoms with E-state index in [2.05, 4.69) is 11.9 Å². The Bertz CT molecular complexity index is 754. The third-order valence-electron chi connectivity index (χ3n) is 3.54. The van der Waals surface area contributed by atoms with Gasteiger partial charge in [-0.05, 0) is 17.4 Å². The zero-order valence-electron chi connectivity index (χ0n) is 11.3. The number of pyridine rings is 1. The minimum Gasteiger partial charge on any atom is -0.289 e. The van der Waals surface area contributed by atoms with E-state index in [1.165, 1.54) is 5.56 Å². The molecule has 0 bridgehead atoms. The number of hydrogen-bond acceptors (Lipinski definition) is 2. The molecule has 2 heteroatoms. The topological polar surface area (TPSA) is 30.0 Å². The van der Waals surface area contributed by atoms with Gasteiger partial charge in [-0.3, -0.25) is 9.78 Å². The first kappa shape index (κ1) is 12.5. The fourth-order valence-corrected chi connectivity index (χ4v) is 2.34. The maximum Gasteiger partial charge on any atom is 0.195 e. The van der Waals surface area contributed by atoms with Crippen molar-refractivity contribution < 1.29 is 4.79 Å². The van der Waals surface area contributed by atoms with Crippen LogP contribution in [0.2, 0.25) is 0 Å². The SMILES string of the molecule is CCc1ccc(C(=O)c2cncc3ccccc23)cc1. The van der Waals surface area contributed by atoms with Crippen LogP contribution in [0.1, 0.15) is 28.4 Å². The molecule has 20 heavy (non-hydrogen) atoms. The molecule has 2 aromatic carbocycles. The molecule has 3 rings (SSSR count). The molecule has 0 unspecified atom stereocenters. The van der Waals surface area contributed by atoms with Crippen LogP contribution in [0.3, 0.4) is 0 Å². The van der Waals surface area contributed by atoms with Gasteiger partial charge in [0, 0.05) is 28.9 Å². The van der Waals surface area contributed by atoms with Gasteiger partial charge in [0.2, 0.25) is 0 Å². The summed E-state index contributed by atoms with van der Waals surface area (Å²) < 4.78 is 0. The molecule has 0 atom stereocenters. The van der Waals surface area contributed by atoms with E-state index in [0.717, 1.165) is 17.2 Å². The summed E-state index contributed by atoms with van der Waals surface area (Å²) in [5.74, 6) is 0.0250. The fourth-order valence-electron chi connectivity index (χ4n) is 2.34.